The summed E-state index contributed by atoms with van der Waals surface area (Å²) in [6.07, 6.45) is 46.2. The molecule has 8 heteroatoms. The molecule has 306 valence electrons. The zero-order valence-corrected chi connectivity index (χ0v) is 35.1. The average Bonchev–Trinajstić information content (AvgIpc) is 3.50. The van der Waals surface area contributed by atoms with Gasteiger partial charge in [-0.1, -0.05) is 147 Å². The first-order chi connectivity index (χ1) is 25.4. The largest absolute Gasteiger partial charge is 0.355 e. The van der Waals surface area contributed by atoms with Crippen LogP contribution >= 0.6 is 0 Å². The van der Waals surface area contributed by atoms with Gasteiger partial charge in [0.1, 0.15) is 0 Å². The second-order valence-corrected chi connectivity index (χ2v) is 17.2. The van der Waals surface area contributed by atoms with Crippen molar-refractivity contribution in [2.24, 2.45) is 0 Å². The summed E-state index contributed by atoms with van der Waals surface area (Å²) in [4.78, 5) is 17.6. The van der Waals surface area contributed by atoms with Crippen LogP contribution in [0.4, 0.5) is 0 Å². The van der Waals surface area contributed by atoms with Crippen molar-refractivity contribution in [3.63, 3.8) is 0 Å². The molecule has 0 aromatic heterocycles. The minimum absolute atomic E-state index is 0.161. The van der Waals surface area contributed by atoms with Gasteiger partial charge in [0.2, 0.25) is 5.91 Å². The van der Waals surface area contributed by atoms with Crippen LogP contribution in [-0.4, -0.2) is 73.3 Å². The van der Waals surface area contributed by atoms with Crippen LogP contribution in [0.2, 0.25) is 0 Å². The predicted octanol–water partition coefficient (Wildman–Crippen LogP) is 11.8. The van der Waals surface area contributed by atoms with E-state index < -0.39 is 10.1 Å². The van der Waals surface area contributed by atoms with Crippen LogP contribution < -0.4 is 5.32 Å². The van der Waals surface area contributed by atoms with E-state index in [1.54, 1.807) is 0 Å². The van der Waals surface area contributed by atoms with Crippen LogP contribution in [0, 0.1) is 0 Å². The molecular weight excluding hydrogens is 667 g/mol. The zero-order chi connectivity index (χ0) is 37.8. The van der Waals surface area contributed by atoms with Crippen molar-refractivity contribution in [2.45, 2.75) is 213 Å². The maximum Gasteiger partial charge on any atom is 0.264 e. The second kappa shape index (κ2) is 35.5. The molecule has 0 saturated carbocycles. The van der Waals surface area contributed by atoms with Crippen LogP contribution in [0.1, 0.15) is 206 Å². The lowest BCUT2D eigenvalue weighted by atomic mass is 10.1. The van der Waals surface area contributed by atoms with Gasteiger partial charge < -0.3 is 5.32 Å². The Morgan fingerprint density at radius 1 is 0.577 bits per heavy atom. The Hall–Kier alpha value is -1.22. The molecule has 2 N–H and O–H groups in total. The molecule has 1 fully saturated rings. The van der Waals surface area contributed by atoms with E-state index in [1.165, 1.54) is 154 Å². The molecule has 52 heavy (non-hydrogen) atoms. The van der Waals surface area contributed by atoms with Gasteiger partial charge in [-0.3, -0.25) is 19.1 Å². The minimum atomic E-state index is -3.90. The Labute approximate surface area is 323 Å². The molecule has 1 saturated heterocycles. The van der Waals surface area contributed by atoms with Crippen molar-refractivity contribution in [1.82, 2.24) is 15.1 Å². The number of carbonyl (C=O) groups is 1. The van der Waals surface area contributed by atoms with Crippen molar-refractivity contribution in [2.75, 3.05) is 38.5 Å². The molecule has 0 spiro atoms. The highest BCUT2D eigenvalue weighted by molar-refractivity contribution is 7.85. The third kappa shape index (κ3) is 31.2. The maximum atomic E-state index is 12.6. The van der Waals surface area contributed by atoms with Gasteiger partial charge in [-0.2, -0.15) is 8.42 Å². The fourth-order valence-corrected chi connectivity index (χ4v) is 8.02. The van der Waals surface area contributed by atoms with Gasteiger partial charge in [-0.05, 0) is 83.6 Å². The number of nitrogens with one attached hydrogen (secondary N) is 1. The summed E-state index contributed by atoms with van der Waals surface area (Å²) in [5.74, 6) is 0.0133. The summed E-state index contributed by atoms with van der Waals surface area (Å²) in [7, 11) is -3.90. The van der Waals surface area contributed by atoms with Crippen LogP contribution in [0.15, 0.2) is 24.3 Å². The Kier molecular flexibility index (Phi) is 33.3. The Bertz CT molecular complexity index is 971. The number of carbonyl (C=O) groups excluding carboxylic acids is 1. The highest BCUT2D eigenvalue weighted by Crippen LogP contribution is 2.22. The van der Waals surface area contributed by atoms with Crippen LogP contribution in [-0.2, 0) is 14.9 Å². The molecule has 1 heterocycles. The van der Waals surface area contributed by atoms with Gasteiger partial charge in [0, 0.05) is 32.6 Å². The lowest BCUT2D eigenvalue weighted by Crippen LogP contribution is -2.42. The first-order valence-corrected chi connectivity index (χ1v) is 24.0. The third-order valence-corrected chi connectivity index (χ3v) is 11.5. The van der Waals surface area contributed by atoms with E-state index in [0.717, 1.165) is 51.9 Å². The third-order valence-electron chi connectivity index (χ3n) is 10.7. The summed E-state index contributed by atoms with van der Waals surface area (Å²) in [5.41, 5.74) is 0. The van der Waals surface area contributed by atoms with E-state index in [-0.39, 0.29) is 11.7 Å². The standard InChI is InChI=1S/C44H85N3O4S/c1-3-5-7-9-11-13-15-17-19-21-23-25-27-29-31-35-43(48)45-37-39-47-41-40-46(38-33-34-42-52(49,50)51)44(47)36-32-30-28-26-24-22-20-18-16-14-12-10-8-6-4-2/h17-20,44H,3-16,21-42H2,1-2H3,(H,45,48)(H,49,50,51)/b19-17-,20-18-. The summed E-state index contributed by atoms with van der Waals surface area (Å²) in [6, 6.07) is 0. The summed E-state index contributed by atoms with van der Waals surface area (Å²) in [6.45, 7) is 8.89. The molecular formula is C44H85N3O4S. The van der Waals surface area contributed by atoms with Crippen LogP contribution in [0.25, 0.3) is 0 Å². The fraction of sp³-hybridized carbons (Fsp3) is 0.886. The normalized spacial score (nSPS) is 15.9. The average molecular weight is 752 g/mol. The summed E-state index contributed by atoms with van der Waals surface area (Å²) >= 11 is 0. The van der Waals surface area contributed by atoms with Crippen molar-refractivity contribution in [3.05, 3.63) is 24.3 Å². The van der Waals surface area contributed by atoms with Crippen LogP contribution in [0.5, 0.6) is 0 Å². The van der Waals surface area contributed by atoms with E-state index in [4.69, 9.17) is 4.55 Å². The SMILES string of the molecule is CCCCCCCC/C=C\CCCCCCCC(=O)NCCN1CCN(CCCCS(=O)(=O)O)C1CCCCCCC/C=C\CCCCCCCC. The predicted molar refractivity (Wildman–Crippen MR) is 224 cm³/mol. The number of hydrogen-bond donors (Lipinski definition) is 2. The second-order valence-electron chi connectivity index (χ2n) is 15.6. The van der Waals surface area contributed by atoms with Gasteiger partial charge in [0.05, 0.1) is 11.9 Å². The monoisotopic (exact) mass is 752 g/mol. The molecule has 1 rings (SSSR count). The smallest absolute Gasteiger partial charge is 0.264 e. The van der Waals surface area contributed by atoms with E-state index >= 15 is 0 Å². The summed E-state index contributed by atoms with van der Waals surface area (Å²) in [5, 5.41) is 3.18. The number of rotatable bonds is 38. The molecule has 1 unspecified atom stereocenters. The Balaban J connectivity index is 2.21. The molecule has 1 aliphatic rings. The van der Waals surface area contributed by atoms with E-state index in [9.17, 15) is 13.2 Å². The molecule has 7 nitrogen and oxygen atoms in total. The number of allylic oxidation sites excluding steroid dienone is 4. The minimum Gasteiger partial charge on any atom is -0.355 e. The molecule has 0 radical (unpaired) electrons. The zero-order valence-electron chi connectivity index (χ0n) is 34.3. The quantitative estimate of drug-likeness (QED) is 0.0371. The molecule has 1 amide bonds. The van der Waals surface area contributed by atoms with Gasteiger partial charge in [-0.25, -0.2) is 0 Å². The highest BCUT2D eigenvalue weighted by atomic mass is 32.2. The molecule has 0 aromatic rings. The topological polar surface area (TPSA) is 90.0 Å². The van der Waals surface area contributed by atoms with E-state index in [1.807, 2.05) is 0 Å². The van der Waals surface area contributed by atoms with Crippen molar-refractivity contribution >= 4 is 16.0 Å². The van der Waals surface area contributed by atoms with Gasteiger partial charge in [0.25, 0.3) is 10.1 Å². The maximum absolute atomic E-state index is 12.6. The van der Waals surface area contributed by atoms with Crippen molar-refractivity contribution in [1.29, 1.82) is 0 Å². The molecule has 0 aliphatic carbocycles. The Morgan fingerprint density at radius 3 is 1.48 bits per heavy atom. The van der Waals surface area contributed by atoms with Crippen LogP contribution in [0.3, 0.4) is 0 Å². The number of hydrogen-bond acceptors (Lipinski definition) is 5. The van der Waals surface area contributed by atoms with Crippen molar-refractivity contribution in [3.8, 4) is 0 Å². The first kappa shape index (κ1) is 48.8. The lowest BCUT2D eigenvalue weighted by Gasteiger charge is -2.30. The summed E-state index contributed by atoms with van der Waals surface area (Å²) < 4.78 is 31.5. The van der Waals surface area contributed by atoms with E-state index in [2.05, 4.69) is 53.3 Å². The van der Waals surface area contributed by atoms with Gasteiger partial charge in [0.15, 0.2) is 0 Å². The number of nitrogens with zero attached hydrogens (tertiary/aromatic N) is 2. The first-order valence-electron chi connectivity index (χ1n) is 22.4. The molecule has 0 aromatic carbocycles. The molecule has 0 bridgehead atoms. The number of unbranched alkanes of at least 4 members (excludes halogenated alkanes) is 23. The van der Waals surface area contributed by atoms with Gasteiger partial charge in [-0.15, -0.1) is 0 Å². The number of amides is 1. The molecule has 1 atom stereocenters. The van der Waals surface area contributed by atoms with Crippen molar-refractivity contribution < 1.29 is 17.8 Å². The molecule has 1 aliphatic heterocycles. The van der Waals surface area contributed by atoms with E-state index in [0.29, 0.717) is 25.6 Å². The lowest BCUT2D eigenvalue weighted by molar-refractivity contribution is -0.121. The Morgan fingerprint density at radius 2 is 1.00 bits per heavy atom. The van der Waals surface area contributed by atoms with Gasteiger partial charge >= 0.3 is 0 Å². The highest BCUT2D eigenvalue weighted by Gasteiger charge is 2.30. The fourth-order valence-electron chi connectivity index (χ4n) is 7.45.